The van der Waals surface area contributed by atoms with E-state index >= 15 is 0 Å². The van der Waals surface area contributed by atoms with Crippen molar-refractivity contribution in [2.75, 3.05) is 0 Å². The van der Waals surface area contributed by atoms with E-state index in [4.69, 9.17) is 4.43 Å². The Kier molecular flexibility index (Phi) is 4.93. The van der Waals surface area contributed by atoms with Gasteiger partial charge in [0.15, 0.2) is 0 Å². The minimum Gasteiger partial charge on any atom is -0.517 e. The van der Waals surface area contributed by atoms with Crippen LogP contribution in [0.1, 0.15) is 13.3 Å². The maximum atomic E-state index is 11.6. The summed E-state index contributed by atoms with van der Waals surface area (Å²) >= 11 is 0. The molecule has 0 amide bonds. The molecule has 73 valence electrons. The zero-order valence-electron chi connectivity index (χ0n) is 9.68. The van der Waals surface area contributed by atoms with Crippen LogP contribution in [0.3, 0.4) is 0 Å². The summed E-state index contributed by atoms with van der Waals surface area (Å²) in [5, 5.41) is 0. The maximum Gasteiger partial charge on any atom is 0.321 e. The third kappa shape index (κ3) is 3.87. The van der Waals surface area contributed by atoms with E-state index in [0.29, 0.717) is 0 Å². The van der Waals surface area contributed by atoms with Gasteiger partial charge in [0.05, 0.1) is 0 Å². The Hall–Kier alpha value is -0.236. The quantitative estimate of drug-likeness (QED) is 0.643. The first kappa shape index (κ1) is 13.8. The minimum atomic E-state index is -1.73. The zero-order chi connectivity index (χ0) is 10.1. The molecule has 14 heavy (non-hydrogen) atoms. The predicted octanol–water partition coefficient (Wildman–Crippen LogP) is 2.26. The summed E-state index contributed by atoms with van der Waals surface area (Å²) < 4.78 is 5.39. The molecule has 0 aromatic heterocycles. The zero-order valence-corrected chi connectivity index (χ0v) is 10.7. The average molecular weight is 203 g/mol. The first-order chi connectivity index (χ1) is 5.90. The molecule has 0 saturated carbocycles. The van der Waals surface area contributed by atoms with Crippen LogP contribution in [0, 0.1) is 0 Å². The monoisotopic (exact) mass is 203 g/mol. The topological polar surface area (TPSA) is 26.3 Å². The van der Waals surface area contributed by atoms with Crippen molar-refractivity contribution in [1.82, 2.24) is 0 Å². The molecule has 0 aromatic carbocycles. The minimum absolute atomic E-state index is 0. The molecule has 0 bridgehead atoms. The van der Waals surface area contributed by atoms with E-state index in [-0.39, 0.29) is 24.8 Å². The molecule has 1 aliphatic rings. The molecule has 0 N–H and O–H groups in total. The number of carbonyl (C=O) groups excluding carboxylic acids is 1. The molecule has 2 nitrogen and oxygen atoms in total. The van der Waals surface area contributed by atoms with E-state index in [1.165, 1.54) is 0 Å². The van der Waals surface area contributed by atoms with Crippen molar-refractivity contribution in [1.29, 1.82) is 0 Å². The number of rotatable bonds is 2. The Bertz CT molecular complexity index is 287. The van der Waals surface area contributed by atoms with E-state index < -0.39 is 8.32 Å². The molecular formula is C10H16LiO2Si. The first-order valence-electron chi connectivity index (χ1n) is 4.50. The van der Waals surface area contributed by atoms with E-state index in [0.717, 1.165) is 17.6 Å². The van der Waals surface area contributed by atoms with Gasteiger partial charge in [-0.1, -0.05) is 12.2 Å². The second-order valence-corrected chi connectivity index (χ2v) is 8.70. The van der Waals surface area contributed by atoms with Crippen molar-refractivity contribution in [3.63, 3.8) is 0 Å². The van der Waals surface area contributed by atoms with Gasteiger partial charge in [-0.2, -0.15) is 0 Å². The summed E-state index contributed by atoms with van der Waals surface area (Å²) in [6.07, 6.45) is 4.70. The third-order valence-electron chi connectivity index (χ3n) is 1.81. The van der Waals surface area contributed by atoms with E-state index in [9.17, 15) is 4.79 Å². The van der Waals surface area contributed by atoms with Gasteiger partial charge in [-0.15, -0.1) is 0 Å². The standard InChI is InChI=1S/C10H16O2Si.Li/c1-8-6-5-7-9(8)10(11)12-13(2,3)4;/h5-6H,7H2,1-4H3;. The van der Waals surface area contributed by atoms with Crippen molar-refractivity contribution >= 4 is 33.1 Å². The molecule has 4 heteroatoms. The van der Waals surface area contributed by atoms with Crippen molar-refractivity contribution in [3.05, 3.63) is 23.3 Å². The van der Waals surface area contributed by atoms with Gasteiger partial charge in [-0.25, -0.2) is 4.79 Å². The summed E-state index contributed by atoms with van der Waals surface area (Å²) in [6, 6.07) is 0. The van der Waals surface area contributed by atoms with Crippen LogP contribution in [0.4, 0.5) is 0 Å². The molecule has 1 radical (unpaired) electrons. The van der Waals surface area contributed by atoms with Crippen molar-refractivity contribution in [3.8, 4) is 0 Å². The van der Waals surface area contributed by atoms with Crippen LogP contribution in [0.5, 0.6) is 0 Å². The predicted molar refractivity (Wildman–Crippen MR) is 61.6 cm³/mol. The second kappa shape index (κ2) is 5.02. The number of carbonyl (C=O) groups is 1. The summed E-state index contributed by atoms with van der Waals surface area (Å²) in [6.45, 7) is 8.00. The van der Waals surface area contributed by atoms with Gasteiger partial charge in [0.1, 0.15) is 0 Å². The fraction of sp³-hybridized carbons (Fsp3) is 0.500. The van der Waals surface area contributed by atoms with Crippen molar-refractivity contribution in [2.45, 2.75) is 33.0 Å². The summed E-state index contributed by atoms with van der Waals surface area (Å²) in [5.41, 5.74) is 1.87. The van der Waals surface area contributed by atoms with Crippen LogP contribution < -0.4 is 0 Å². The van der Waals surface area contributed by atoms with Gasteiger partial charge < -0.3 is 4.43 Å². The Labute approximate surface area is 98.7 Å². The number of hydrogen-bond donors (Lipinski definition) is 0. The van der Waals surface area contributed by atoms with Crippen LogP contribution in [-0.2, 0) is 9.22 Å². The van der Waals surface area contributed by atoms with E-state index in [1.54, 1.807) is 0 Å². The largest absolute Gasteiger partial charge is 0.517 e. The van der Waals surface area contributed by atoms with Gasteiger partial charge in [-0.3, -0.25) is 0 Å². The summed E-state index contributed by atoms with van der Waals surface area (Å²) in [5.74, 6) is -0.123. The van der Waals surface area contributed by atoms with Crippen molar-refractivity contribution in [2.24, 2.45) is 0 Å². The smallest absolute Gasteiger partial charge is 0.321 e. The molecular weight excluding hydrogens is 187 g/mol. The average Bonchev–Trinajstić information content (AvgIpc) is 2.30. The second-order valence-electron chi connectivity index (χ2n) is 4.27. The Morgan fingerprint density at radius 1 is 1.43 bits per heavy atom. The van der Waals surface area contributed by atoms with E-state index in [2.05, 4.69) is 0 Å². The molecule has 0 aromatic rings. The van der Waals surface area contributed by atoms with Crippen molar-refractivity contribution < 1.29 is 9.22 Å². The fourth-order valence-electron chi connectivity index (χ4n) is 1.20. The normalized spacial score (nSPS) is 15.4. The van der Waals surface area contributed by atoms with Gasteiger partial charge >= 0.3 is 5.97 Å². The molecule has 0 aliphatic heterocycles. The molecule has 0 fully saturated rings. The Morgan fingerprint density at radius 2 is 2.00 bits per heavy atom. The number of hydrogen-bond acceptors (Lipinski definition) is 2. The van der Waals surface area contributed by atoms with Gasteiger partial charge in [0.25, 0.3) is 0 Å². The molecule has 0 heterocycles. The van der Waals surface area contributed by atoms with Crippen LogP contribution in [0.15, 0.2) is 23.3 Å². The van der Waals surface area contributed by atoms with Gasteiger partial charge in [0.2, 0.25) is 8.32 Å². The number of allylic oxidation sites excluding steroid dienone is 3. The SMILES string of the molecule is CC1=C(C(=O)O[Si](C)(C)C)CC=C1.[Li]. The van der Waals surface area contributed by atoms with Crippen LogP contribution in [0.2, 0.25) is 19.6 Å². The Balaban J connectivity index is 0.00000169. The summed E-state index contributed by atoms with van der Waals surface area (Å²) in [4.78, 5) is 11.6. The molecule has 0 spiro atoms. The molecule has 0 saturated heterocycles. The van der Waals surface area contributed by atoms with Gasteiger partial charge in [-0.05, 0) is 38.6 Å². The first-order valence-corrected chi connectivity index (χ1v) is 7.90. The van der Waals surface area contributed by atoms with Crippen LogP contribution >= 0.6 is 0 Å². The maximum absolute atomic E-state index is 11.6. The molecule has 0 unspecified atom stereocenters. The van der Waals surface area contributed by atoms with Gasteiger partial charge in [0, 0.05) is 24.4 Å². The van der Waals surface area contributed by atoms with E-state index in [1.807, 2.05) is 38.7 Å². The fourth-order valence-corrected chi connectivity index (χ4v) is 1.88. The Morgan fingerprint density at radius 3 is 2.36 bits per heavy atom. The van der Waals surface area contributed by atoms with Crippen LogP contribution in [-0.4, -0.2) is 33.1 Å². The summed E-state index contributed by atoms with van der Waals surface area (Å²) in [7, 11) is -1.73. The third-order valence-corrected chi connectivity index (χ3v) is 2.61. The van der Waals surface area contributed by atoms with Crippen LogP contribution in [0.25, 0.3) is 0 Å². The molecule has 1 rings (SSSR count). The molecule has 1 aliphatic carbocycles. The molecule has 0 atom stereocenters.